The van der Waals surface area contributed by atoms with Gasteiger partial charge in [0.25, 0.3) is 5.91 Å². The van der Waals surface area contributed by atoms with Crippen molar-refractivity contribution in [2.24, 2.45) is 0 Å². The summed E-state index contributed by atoms with van der Waals surface area (Å²) in [5, 5.41) is 0.198. The second-order valence-electron chi connectivity index (χ2n) is 3.09. The van der Waals surface area contributed by atoms with Crippen LogP contribution in [0.2, 0.25) is 0 Å². The third-order valence-electron chi connectivity index (χ3n) is 2.35. The van der Waals surface area contributed by atoms with E-state index in [4.69, 9.17) is 0 Å². The first kappa shape index (κ1) is 8.63. The number of benzene rings is 1. The highest BCUT2D eigenvalue weighted by Gasteiger charge is 2.32. The molecule has 1 heterocycles. The molecule has 0 fully saturated rings. The fourth-order valence-electron chi connectivity index (χ4n) is 1.70. The van der Waals surface area contributed by atoms with Crippen LogP contribution in [-0.4, -0.2) is 24.1 Å². The summed E-state index contributed by atoms with van der Waals surface area (Å²) in [7, 11) is 1.85. The number of thioether (sulfide) groups is 1. The Morgan fingerprint density at radius 1 is 1.38 bits per heavy atom. The normalized spacial score (nSPS) is 20.6. The minimum Gasteiger partial charge on any atom is -0.326 e. The molecule has 68 valence electrons. The molecule has 0 N–H and O–H groups in total. The molecule has 2 rings (SSSR count). The van der Waals surface area contributed by atoms with Crippen molar-refractivity contribution in [1.29, 1.82) is 0 Å². The first-order valence-electron chi connectivity index (χ1n) is 4.14. The van der Waals surface area contributed by atoms with Gasteiger partial charge in [-0.2, -0.15) is 0 Å². The molecule has 0 spiro atoms. The van der Waals surface area contributed by atoms with Gasteiger partial charge in [0, 0.05) is 12.6 Å². The molecule has 0 bridgehead atoms. The van der Waals surface area contributed by atoms with Crippen LogP contribution in [0.25, 0.3) is 0 Å². The van der Waals surface area contributed by atoms with E-state index in [9.17, 15) is 4.79 Å². The smallest absolute Gasteiger partial charge is 0.255 e. The fourth-order valence-corrected chi connectivity index (χ4v) is 2.57. The van der Waals surface area contributed by atoms with Crippen molar-refractivity contribution >= 4 is 17.7 Å². The highest BCUT2D eigenvalue weighted by Crippen LogP contribution is 2.38. The third-order valence-corrected chi connectivity index (χ3v) is 3.37. The van der Waals surface area contributed by atoms with Crippen molar-refractivity contribution in [3.05, 3.63) is 35.4 Å². The monoisotopic (exact) mass is 193 g/mol. The minimum absolute atomic E-state index is 0.134. The maximum atomic E-state index is 11.7. The topological polar surface area (TPSA) is 20.3 Å². The summed E-state index contributed by atoms with van der Waals surface area (Å²) in [6.45, 7) is 0. The van der Waals surface area contributed by atoms with Gasteiger partial charge in [-0.05, 0) is 17.9 Å². The quantitative estimate of drug-likeness (QED) is 0.681. The number of amides is 1. The number of fused-ring (bicyclic) bond motifs is 1. The molecule has 0 aliphatic carbocycles. The van der Waals surface area contributed by atoms with Gasteiger partial charge in [0.1, 0.15) is 5.37 Å². The predicted molar refractivity (Wildman–Crippen MR) is 54.8 cm³/mol. The maximum absolute atomic E-state index is 11.7. The second-order valence-corrected chi connectivity index (χ2v) is 4.01. The van der Waals surface area contributed by atoms with Crippen LogP contribution in [0.5, 0.6) is 0 Å². The molecule has 0 saturated carbocycles. The first-order chi connectivity index (χ1) is 6.25. The molecule has 0 saturated heterocycles. The summed E-state index contributed by atoms with van der Waals surface area (Å²) in [5.41, 5.74) is 1.99. The van der Waals surface area contributed by atoms with E-state index in [1.165, 1.54) is 0 Å². The van der Waals surface area contributed by atoms with Crippen LogP contribution in [0.1, 0.15) is 21.3 Å². The Kier molecular flexibility index (Phi) is 2.04. The molecule has 1 aliphatic rings. The van der Waals surface area contributed by atoms with Crippen molar-refractivity contribution in [1.82, 2.24) is 4.90 Å². The van der Waals surface area contributed by atoms with Gasteiger partial charge in [0.05, 0.1) is 0 Å². The highest BCUT2D eigenvalue weighted by atomic mass is 32.2. The number of carbonyl (C=O) groups is 1. The summed E-state index contributed by atoms with van der Waals surface area (Å²) in [6.07, 6.45) is 2.02. The lowest BCUT2D eigenvalue weighted by Gasteiger charge is -2.17. The number of rotatable bonds is 1. The summed E-state index contributed by atoms with van der Waals surface area (Å²) >= 11 is 1.69. The maximum Gasteiger partial charge on any atom is 0.255 e. The van der Waals surface area contributed by atoms with E-state index >= 15 is 0 Å². The lowest BCUT2D eigenvalue weighted by Crippen LogP contribution is -2.20. The van der Waals surface area contributed by atoms with Gasteiger partial charge in [-0.25, -0.2) is 0 Å². The Bertz CT molecular complexity index is 351. The summed E-state index contributed by atoms with van der Waals surface area (Å²) in [6, 6.07) is 7.81. The summed E-state index contributed by atoms with van der Waals surface area (Å²) < 4.78 is 0. The van der Waals surface area contributed by atoms with Crippen LogP contribution < -0.4 is 0 Å². The molecule has 3 heteroatoms. The van der Waals surface area contributed by atoms with Crippen LogP contribution >= 0.6 is 11.8 Å². The minimum atomic E-state index is 0.134. The van der Waals surface area contributed by atoms with Gasteiger partial charge in [-0.15, -0.1) is 11.8 Å². The Morgan fingerprint density at radius 3 is 2.77 bits per heavy atom. The molecule has 13 heavy (non-hydrogen) atoms. The molecular formula is C10H11NOS. The van der Waals surface area contributed by atoms with Crippen molar-refractivity contribution in [2.75, 3.05) is 13.3 Å². The van der Waals surface area contributed by atoms with Crippen molar-refractivity contribution in [3.8, 4) is 0 Å². The fraction of sp³-hybridized carbons (Fsp3) is 0.300. The van der Waals surface area contributed by atoms with E-state index in [2.05, 4.69) is 0 Å². The molecule has 1 aliphatic heterocycles. The molecule has 1 aromatic rings. The van der Waals surface area contributed by atoms with E-state index in [1.807, 2.05) is 37.6 Å². The number of nitrogens with zero attached hydrogens (tertiary/aromatic N) is 1. The van der Waals surface area contributed by atoms with Crippen molar-refractivity contribution in [2.45, 2.75) is 5.37 Å². The summed E-state index contributed by atoms with van der Waals surface area (Å²) in [4.78, 5) is 13.5. The summed E-state index contributed by atoms with van der Waals surface area (Å²) in [5.74, 6) is 0.134. The molecule has 0 radical (unpaired) electrons. The van der Waals surface area contributed by atoms with E-state index in [1.54, 1.807) is 16.7 Å². The van der Waals surface area contributed by atoms with Gasteiger partial charge in [-0.1, -0.05) is 18.2 Å². The number of hydrogen-bond donors (Lipinski definition) is 0. The van der Waals surface area contributed by atoms with E-state index in [0.717, 1.165) is 11.1 Å². The molecule has 1 atom stereocenters. The Labute approximate surface area is 81.9 Å². The van der Waals surface area contributed by atoms with E-state index in [0.29, 0.717) is 0 Å². The lowest BCUT2D eigenvalue weighted by molar-refractivity contribution is 0.0813. The lowest BCUT2D eigenvalue weighted by atomic mass is 10.1. The zero-order valence-electron chi connectivity index (χ0n) is 7.65. The van der Waals surface area contributed by atoms with Gasteiger partial charge in [0.2, 0.25) is 0 Å². The van der Waals surface area contributed by atoms with Crippen LogP contribution in [-0.2, 0) is 0 Å². The third kappa shape index (κ3) is 1.15. The number of hydrogen-bond acceptors (Lipinski definition) is 2. The predicted octanol–water partition coefficient (Wildman–Crippen LogP) is 2.13. The standard InChI is InChI=1S/C10H11NOS/c1-11-9(12)7-5-3-4-6-8(7)10(11)13-2/h3-6,10H,1-2H3. The first-order valence-corrected chi connectivity index (χ1v) is 5.43. The van der Waals surface area contributed by atoms with Crippen LogP contribution in [0.4, 0.5) is 0 Å². The van der Waals surface area contributed by atoms with Crippen molar-refractivity contribution < 1.29 is 4.79 Å². The molecule has 1 aromatic carbocycles. The Hall–Kier alpha value is -0.960. The van der Waals surface area contributed by atoms with Crippen LogP contribution in [0, 0.1) is 0 Å². The van der Waals surface area contributed by atoms with E-state index < -0.39 is 0 Å². The van der Waals surface area contributed by atoms with Gasteiger partial charge in [-0.3, -0.25) is 4.79 Å². The van der Waals surface area contributed by atoms with Gasteiger partial charge < -0.3 is 4.90 Å². The van der Waals surface area contributed by atoms with Gasteiger partial charge in [0.15, 0.2) is 0 Å². The zero-order valence-corrected chi connectivity index (χ0v) is 8.47. The van der Waals surface area contributed by atoms with Crippen LogP contribution in [0.15, 0.2) is 24.3 Å². The average molecular weight is 193 g/mol. The highest BCUT2D eigenvalue weighted by molar-refractivity contribution is 7.98. The Morgan fingerprint density at radius 2 is 2.08 bits per heavy atom. The SMILES string of the molecule is CSC1c2ccccc2C(=O)N1C. The van der Waals surface area contributed by atoms with Crippen LogP contribution in [0.3, 0.4) is 0 Å². The molecule has 1 unspecified atom stereocenters. The zero-order chi connectivity index (χ0) is 9.42. The Balaban J connectivity index is 2.53. The van der Waals surface area contributed by atoms with Gasteiger partial charge >= 0.3 is 0 Å². The molecular weight excluding hydrogens is 182 g/mol. The van der Waals surface area contributed by atoms with E-state index in [-0.39, 0.29) is 11.3 Å². The molecule has 1 amide bonds. The number of carbonyl (C=O) groups excluding carboxylic acids is 1. The average Bonchev–Trinajstić information content (AvgIpc) is 2.41. The molecule has 0 aromatic heterocycles. The second kappa shape index (κ2) is 3.07. The molecule has 2 nitrogen and oxygen atoms in total. The van der Waals surface area contributed by atoms with Crippen molar-refractivity contribution in [3.63, 3.8) is 0 Å². The largest absolute Gasteiger partial charge is 0.326 e.